The van der Waals surface area contributed by atoms with Gasteiger partial charge >= 0.3 is 0 Å². The predicted octanol–water partition coefficient (Wildman–Crippen LogP) is 9.11. The highest BCUT2D eigenvalue weighted by molar-refractivity contribution is 6.12. The van der Waals surface area contributed by atoms with Crippen molar-refractivity contribution < 1.29 is 9.59 Å². The lowest BCUT2D eigenvalue weighted by molar-refractivity contribution is 0.103. The minimum Gasteiger partial charge on any atom is -0.289 e. The molecule has 0 aromatic heterocycles. The van der Waals surface area contributed by atoms with E-state index in [0.717, 1.165) is 44.5 Å². The molecular formula is C41H28O2. The van der Waals surface area contributed by atoms with Crippen LogP contribution in [-0.2, 0) is 5.41 Å². The molecule has 0 aliphatic heterocycles. The molecule has 204 valence electrons. The SMILES string of the molecule is Cc1ccccc1C(=O)c1ccc2c(c1)C1(c3ccccc3-2)c2ccccc2-c2ccc(C(=O)c3ccccc3C)cc21. The van der Waals surface area contributed by atoms with E-state index >= 15 is 0 Å². The van der Waals surface area contributed by atoms with E-state index in [9.17, 15) is 9.59 Å². The Bertz CT molecular complexity index is 1990. The molecule has 8 rings (SSSR count). The van der Waals surface area contributed by atoms with Crippen LogP contribution in [0.4, 0.5) is 0 Å². The van der Waals surface area contributed by atoms with Gasteiger partial charge in [-0.05, 0) is 81.6 Å². The van der Waals surface area contributed by atoms with Crippen molar-refractivity contribution in [2.24, 2.45) is 0 Å². The Morgan fingerprint density at radius 2 is 0.791 bits per heavy atom. The summed E-state index contributed by atoms with van der Waals surface area (Å²) >= 11 is 0. The zero-order valence-corrected chi connectivity index (χ0v) is 24.0. The van der Waals surface area contributed by atoms with Gasteiger partial charge in [0.25, 0.3) is 0 Å². The number of hydrogen-bond acceptors (Lipinski definition) is 2. The standard InChI is InChI=1S/C41H28O2/c1-25-11-3-5-13-29(25)39(42)27-19-21-33-31-15-7-9-17-35(31)41(37(33)23-27)36-18-10-8-16-32(36)34-22-20-28(24-38(34)41)40(43)30-14-6-4-12-26(30)2/h3-24H,1-2H3. The molecule has 43 heavy (non-hydrogen) atoms. The summed E-state index contributed by atoms with van der Waals surface area (Å²) in [7, 11) is 0. The van der Waals surface area contributed by atoms with Crippen LogP contribution >= 0.6 is 0 Å². The van der Waals surface area contributed by atoms with Gasteiger partial charge in [-0.1, -0.05) is 121 Å². The summed E-state index contributed by atoms with van der Waals surface area (Å²) < 4.78 is 0. The molecule has 2 aliphatic rings. The first-order valence-corrected chi connectivity index (χ1v) is 14.7. The van der Waals surface area contributed by atoms with Crippen LogP contribution in [0.3, 0.4) is 0 Å². The van der Waals surface area contributed by atoms with Gasteiger partial charge in [-0.25, -0.2) is 0 Å². The first kappa shape index (κ1) is 25.4. The van der Waals surface area contributed by atoms with Gasteiger partial charge in [-0.15, -0.1) is 0 Å². The van der Waals surface area contributed by atoms with Crippen molar-refractivity contribution in [2.75, 3.05) is 0 Å². The van der Waals surface area contributed by atoms with Crippen LogP contribution in [0.15, 0.2) is 133 Å². The largest absolute Gasteiger partial charge is 0.289 e. The smallest absolute Gasteiger partial charge is 0.193 e. The fraction of sp³-hybridized carbons (Fsp3) is 0.0732. The van der Waals surface area contributed by atoms with Crippen LogP contribution in [0.2, 0.25) is 0 Å². The fourth-order valence-corrected chi connectivity index (χ4v) is 7.39. The Morgan fingerprint density at radius 1 is 0.419 bits per heavy atom. The number of aryl methyl sites for hydroxylation is 2. The molecule has 1 spiro atoms. The van der Waals surface area contributed by atoms with Crippen LogP contribution in [0.5, 0.6) is 0 Å². The first-order valence-electron chi connectivity index (χ1n) is 14.7. The summed E-state index contributed by atoms with van der Waals surface area (Å²) in [5.41, 5.74) is 13.1. The van der Waals surface area contributed by atoms with Crippen molar-refractivity contribution in [1.29, 1.82) is 0 Å². The minimum absolute atomic E-state index is 0.0157. The molecule has 2 heteroatoms. The molecule has 6 aromatic carbocycles. The van der Waals surface area contributed by atoms with Gasteiger partial charge in [0.2, 0.25) is 0 Å². The van der Waals surface area contributed by atoms with Crippen LogP contribution in [0.25, 0.3) is 22.3 Å². The van der Waals surface area contributed by atoms with E-state index in [-0.39, 0.29) is 11.6 Å². The van der Waals surface area contributed by atoms with Gasteiger partial charge in [0, 0.05) is 22.3 Å². The maximum atomic E-state index is 13.9. The van der Waals surface area contributed by atoms with E-state index in [4.69, 9.17) is 0 Å². The first-order chi connectivity index (χ1) is 21.0. The molecule has 0 heterocycles. The number of rotatable bonds is 4. The lowest BCUT2D eigenvalue weighted by atomic mass is 9.70. The predicted molar refractivity (Wildman–Crippen MR) is 172 cm³/mol. The van der Waals surface area contributed by atoms with Gasteiger partial charge in [0.1, 0.15) is 0 Å². The molecule has 6 aromatic rings. The summed E-state index contributed by atoms with van der Waals surface area (Å²) in [5, 5.41) is 0. The Hall–Kier alpha value is -5.34. The lowest BCUT2D eigenvalue weighted by Gasteiger charge is -2.31. The molecule has 0 saturated heterocycles. The van der Waals surface area contributed by atoms with E-state index in [1.807, 2.05) is 74.5 Å². The number of ketones is 2. The monoisotopic (exact) mass is 552 g/mol. The minimum atomic E-state index is -0.651. The number of carbonyl (C=O) groups excluding carboxylic acids is 2. The average Bonchev–Trinajstić information content (AvgIpc) is 3.51. The molecule has 2 nitrogen and oxygen atoms in total. The van der Waals surface area contributed by atoms with Crippen molar-refractivity contribution >= 4 is 11.6 Å². The molecule has 0 radical (unpaired) electrons. The number of carbonyl (C=O) groups is 2. The quantitative estimate of drug-likeness (QED) is 0.204. The van der Waals surface area contributed by atoms with E-state index in [1.165, 1.54) is 11.1 Å². The molecule has 0 bridgehead atoms. The van der Waals surface area contributed by atoms with Crippen molar-refractivity contribution in [3.63, 3.8) is 0 Å². The highest BCUT2D eigenvalue weighted by Crippen LogP contribution is 2.63. The molecular weight excluding hydrogens is 524 g/mol. The van der Waals surface area contributed by atoms with E-state index in [2.05, 4.69) is 72.8 Å². The van der Waals surface area contributed by atoms with Crippen molar-refractivity contribution in [2.45, 2.75) is 19.3 Å². The Kier molecular flexibility index (Phi) is 5.51. The second kappa shape index (κ2) is 9.34. The van der Waals surface area contributed by atoms with Gasteiger partial charge in [-0.3, -0.25) is 9.59 Å². The van der Waals surface area contributed by atoms with E-state index in [0.29, 0.717) is 22.3 Å². The highest BCUT2D eigenvalue weighted by Gasteiger charge is 2.52. The van der Waals surface area contributed by atoms with Gasteiger partial charge < -0.3 is 0 Å². The van der Waals surface area contributed by atoms with Gasteiger partial charge in [0.15, 0.2) is 11.6 Å². The summed E-state index contributed by atoms with van der Waals surface area (Å²) in [6.07, 6.45) is 0. The number of hydrogen-bond donors (Lipinski definition) is 0. The van der Waals surface area contributed by atoms with Crippen LogP contribution in [0, 0.1) is 13.8 Å². The van der Waals surface area contributed by atoms with E-state index in [1.54, 1.807) is 0 Å². The van der Waals surface area contributed by atoms with Crippen molar-refractivity contribution in [3.8, 4) is 22.3 Å². The second-order valence-corrected chi connectivity index (χ2v) is 11.6. The molecule has 0 amide bonds. The summed E-state index contributed by atoms with van der Waals surface area (Å²) in [4.78, 5) is 27.8. The molecule has 2 aliphatic carbocycles. The fourth-order valence-electron chi connectivity index (χ4n) is 7.39. The third kappa shape index (κ3) is 3.47. The Balaban J connectivity index is 1.42. The van der Waals surface area contributed by atoms with Crippen molar-refractivity contribution in [3.05, 3.63) is 189 Å². The zero-order valence-electron chi connectivity index (χ0n) is 24.0. The maximum absolute atomic E-state index is 13.9. The van der Waals surface area contributed by atoms with Gasteiger partial charge in [-0.2, -0.15) is 0 Å². The third-order valence-corrected chi connectivity index (χ3v) is 9.39. The van der Waals surface area contributed by atoms with Gasteiger partial charge in [0.05, 0.1) is 5.41 Å². The van der Waals surface area contributed by atoms with Crippen LogP contribution in [-0.4, -0.2) is 11.6 Å². The maximum Gasteiger partial charge on any atom is 0.193 e. The average molecular weight is 553 g/mol. The second-order valence-electron chi connectivity index (χ2n) is 11.6. The summed E-state index contributed by atoms with van der Waals surface area (Å²) in [6, 6.07) is 45.0. The zero-order chi connectivity index (χ0) is 29.3. The lowest BCUT2D eigenvalue weighted by Crippen LogP contribution is -2.26. The molecule has 0 unspecified atom stereocenters. The third-order valence-electron chi connectivity index (χ3n) is 9.39. The molecule has 0 saturated carbocycles. The van der Waals surface area contributed by atoms with Crippen molar-refractivity contribution in [1.82, 2.24) is 0 Å². The molecule has 0 atom stereocenters. The number of benzene rings is 6. The normalized spacial score (nSPS) is 13.3. The van der Waals surface area contributed by atoms with Crippen LogP contribution < -0.4 is 0 Å². The highest BCUT2D eigenvalue weighted by atomic mass is 16.1. The Labute approximate surface area is 251 Å². The van der Waals surface area contributed by atoms with Crippen LogP contribution in [0.1, 0.15) is 65.2 Å². The topological polar surface area (TPSA) is 34.1 Å². The number of fused-ring (bicyclic) bond motifs is 10. The molecule has 0 fully saturated rings. The van der Waals surface area contributed by atoms with E-state index < -0.39 is 5.41 Å². The Morgan fingerprint density at radius 3 is 1.23 bits per heavy atom. The molecule has 0 N–H and O–H groups in total. The summed E-state index contributed by atoms with van der Waals surface area (Å²) in [5.74, 6) is 0.0315. The summed E-state index contributed by atoms with van der Waals surface area (Å²) in [6.45, 7) is 3.96.